The maximum atomic E-state index is 8.35. The van der Waals surface area contributed by atoms with E-state index in [1.54, 1.807) is 0 Å². The standard InChI is InChI=1S/ClH2N.ClHO2/c1-2;2-1-3/h2H2;2H. The smallest absolute Gasteiger partial charge is 0.327 e. The summed E-state index contributed by atoms with van der Waals surface area (Å²) in [4.78, 5) is 0. The molecule has 0 atom stereocenters. The zero-order valence-electron chi connectivity index (χ0n) is 2.19. The summed E-state index contributed by atoms with van der Waals surface area (Å²) in [6.45, 7) is 0. The van der Waals surface area contributed by atoms with Crippen LogP contribution in [0.1, 0.15) is 0 Å². The molecule has 0 bridgehead atoms. The van der Waals surface area contributed by atoms with E-state index in [1.807, 2.05) is 0 Å². The van der Waals surface area contributed by atoms with Crippen molar-refractivity contribution < 1.29 is 20.6 Å². The molecule has 3 nitrogen and oxygen atoms in total. The van der Waals surface area contributed by atoms with Crippen molar-refractivity contribution >= 4 is 11.8 Å². The maximum Gasteiger partial charge on any atom is 0.327 e. The molecule has 0 aromatic rings. The molecular weight excluding hydrogens is 117 g/mol. The highest BCUT2D eigenvalue weighted by Crippen LogP contribution is 1.15. The van der Waals surface area contributed by atoms with Crippen LogP contribution >= 0.6 is 11.8 Å². The molecule has 5 heteroatoms. The lowest BCUT2D eigenvalue weighted by molar-refractivity contribution is -1.27. The Balaban J connectivity index is 0. The van der Waals surface area contributed by atoms with Gasteiger partial charge in [-0.25, -0.2) is 5.25 Å². The second-order valence-corrected chi connectivity index (χ2v) is 0.207. The molecule has 0 heterocycles. The van der Waals surface area contributed by atoms with Crippen LogP contribution in [-0.4, -0.2) is 4.66 Å². The van der Waals surface area contributed by atoms with E-state index in [4.69, 9.17) is 9.32 Å². The molecule has 0 unspecified atom stereocenters. The molecule has 0 saturated carbocycles. The van der Waals surface area contributed by atoms with Gasteiger partial charge in [-0.3, -0.25) is 0 Å². The summed E-state index contributed by atoms with van der Waals surface area (Å²) in [5.74, 6) is 0. The summed E-state index contributed by atoms with van der Waals surface area (Å²) in [5.41, 5.74) is 0. The van der Waals surface area contributed by atoms with E-state index in [2.05, 4.69) is 17.0 Å². The number of nitrogens with two attached hydrogens (primary N) is 1. The van der Waals surface area contributed by atoms with E-state index in [-0.39, 0.29) is 11.3 Å². The van der Waals surface area contributed by atoms with Crippen molar-refractivity contribution in [1.29, 1.82) is 0 Å². The first-order chi connectivity index (χ1) is 2.41. The normalized spacial score (nSPS) is 4.80. The average molecular weight is 120 g/mol. The predicted octanol–water partition coefficient (Wildman–Crippen LogP) is -1.65. The molecule has 0 aromatic heterocycles. The van der Waals surface area contributed by atoms with E-state index in [9.17, 15) is 0 Å². The van der Waals surface area contributed by atoms with Gasteiger partial charge in [0, 0.05) is 0 Å². The summed E-state index contributed by atoms with van der Waals surface area (Å²) in [6, 6.07) is 0. The van der Waals surface area contributed by atoms with Crippen molar-refractivity contribution in [2.24, 2.45) is 5.25 Å². The lowest BCUT2D eigenvalue weighted by Crippen LogP contribution is -1.94. The summed E-state index contributed by atoms with van der Waals surface area (Å²) >= 11 is 3.97. The third-order valence-electron chi connectivity index (χ3n) is 0. The highest BCUT2D eigenvalue weighted by molar-refractivity contribution is 6.11. The van der Waals surface area contributed by atoms with Gasteiger partial charge in [0.05, 0.1) is 0 Å². The van der Waals surface area contributed by atoms with E-state index in [0.717, 1.165) is 0 Å². The topological polar surface area (TPSA) is 69.3 Å². The minimum Gasteiger partial charge on any atom is -0.506 e. The maximum absolute atomic E-state index is 8.35. The van der Waals surface area contributed by atoms with Gasteiger partial charge in [0.25, 0.3) is 0 Å². The zero-order chi connectivity index (χ0) is 4.71. The average Bonchev–Trinajstić information content (AvgIpc) is 1.46. The first-order valence-electron chi connectivity index (χ1n) is 0.542. The molecule has 5 heavy (non-hydrogen) atoms. The Morgan fingerprint density at radius 1 is 1.80 bits per heavy atom. The lowest BCUT2D eigenvalue weighted by Gasteiger charge is -1.46. The van der Waals surface area contributed by atoms with Gasteiger partial charge in [-0.05, 0) is 11.8 Å². The van der Waals surface area contributed by atoms with Gasteiger partial charge in [-0.15, -0.1) is 4.66 Å². The van der Waals surface area contributed by atoms with Crippen LogP contribution < -0.4 is 9.91 Å². The fourth-order valence-corrected chi connectivity index (χ4v) is 0. The molecule has 0 amide bonds. The third kappa shape index (κ3) is 128. The Morgan fingerprint density at radius 2 is 1.80 bits per heavy atom. The SMILES string of the molecule is NCl.[O-][Cl+]O. The summed E-state index contributed by atoms with van der Waals surface area (Å²) < 4.78 is 15.2. The van der Waals surface area contributed by atoms with Crippen molar-refractivity contribution in [2.45, 2.75) is 0 Å². The molecular formula is H3Cl2NO2. The molecule has 0 aromatic carbocycles. The van der Waals surface area contributed by atoms with Crippen molar-refractivity contribution in [3.63, 3.8) is 0 Å². The first-order valence-corrected chi connectivity index (χ1v) is 1.62. The molecule has 0 aliphatic rings. The molecule has 0 radical (unpaired) electrons. The molecule has 0 spiro atoms. The lowest BCUT2D eigenvalue weighted by atomic mass is 14.0. The molecule has 0 saturated heterocycles. The van der Waals surface area contributed by atoms with Gasteiger partial charge in [0.1, 0.15) is 0 Å². The fraction of sp³-hybridized carbons (Fsp3) is 0. The Bertz CT molecular complexity index is 7.61. The molecule has 34 valence electrons. The van der Waals surface area contributed by atoms with Gasteiger partial charge in [-0.2, -0.15) is 0 Å². The monoisotopic (exact) mass is 119 g/mol. The van der Waals surface area contributed by atoms with E-state index in [0.29, 0.717) is 0 Å². The van der Waals surface area contributed by atoms with E-state index >= 15 is 0 Å². The van der Waals surface area contributed by atoms with E-state index in [1.165, 1.54) is 0 Å². The van der Waals surface area contributed by atoms with Gasteiger partial charge in [0.2, 0.25) is 0 Å². The highest BCUT2D eigenvalue weighted by Gasteiger charge is 1.47. The molecule has 0 rings (SSSR count). The van der Waals surface area contributed by atoms with Crippen LogP contribution in [0.5, 0.6) is 0 Å². The van der Waals surface area contributed by atoms with Crippen LogP contribution in [0.25, 0.3) is 0 Å². The van der Waals surface area contributed by atoms with E-state index < -0.39 is 0 Å². The summed E-state index contributed by atoms with van der Waals surface area (Å²) in [5, 5.41) is 3.97. The summed E-state index contributed by atoms with van der Waals surface area (Å²) in [6.07, 6.45) is 0. The Kier molecular flexibility index (Phi) is 45.4. The van der Waals surface area contributed by atoms with Crippen LogP contribution in [0, 0.1) is 11.3 Å². The minimum absolute atomic E-state index is 0.167. The number of rotatable bonds is 0. The molecule has 0 fully saturated rings. The van der Waals surface area contributed by atoms with Gasteiger partial charge in [0.15, 0.2) is 0 Å². The van der Waals surface area contributed by atoms with Crippen molar-refractivity contribution in [2.75, 3.05) is 0 Å². The van der Waals surface area contributed by atoms with Crippen LogP contribution in [0.4, 0.5) is 0 Å². The fourth-order valence-electron chi connectivity index (χ4n) is 0. The largest absolute Gasteiger partial charge is 0.506 e. The van der Waals surface area contributed by atoms with Gasteiger partial charge < -0.3 is 4.66 Å². The van der Waals surface area contributed by atoms with Crippen LogP contribution in [0.2, 0.25) is 0 Å². The zero-order valence-corrected chi connectivity index (χ0v) is 3.70. The van der Waals surface area contributed by atoms with Crippen LogP contribution in [0.3, 0.4) is 0 Å². The second kappa shape index (κ2) is 25.0. The minimum atomic E-state index is -0.167. The first kappa shape index (κ1) is 9.07. The van der Waals surface area contributed by atoms with Crippen molar-refractivity contribution in [3.8, 4) is 0 Å². The number of halogens is 2. The quantitative estimate of drug-likeness (QED) is 0.376. The summed E-state index contributed by atoms with van der Waals surface area (Å²) in [7, 11) is 0. The third-order valence-corrected chi connectivity index (χ3v) is 0. The Morgan fingerprint density at radius 3 is 1.80 bits per heavy atom. The predicted molar refractivity (Wildman–Crippen MR) is 12.3 cm³/mol. The molecule has 0 aliphatic carbocycles. The molecule has 3 N–H and O–H groups in total. The Labute approximate surface area is 38.5 Å². The number of hydrogen-bond donors (Lipinski definition) is 2. The van der Waals surface area contributed by atoms with Gasteiger partial charge in [-0.1, -0.05) is 0 Å². The van der Waals surface area contributed by atoms with Gasteiger partial charge >= 0.3 is 11.3 Å². The second-order valence-electron chi connectivity index (χ2n) is 0.0690. The number of hydrogen-bond acceptors (Lipinski definition) is 3. The van der Waals surface area contributed by atoms with Crippen molar-refractivity contribution in [1.82, 2.24) is 0 Å². The van der Waals surface area contributed by atoms with Crippen LogP contribution in [-0.2, 0) is 0 Å². The molecule has 0 aliphatic heterocycles. The van der Waals surface area contributed by atoms with Crippen molar-refractivity contribution in [3.05, 3.63) is 0 Å². The van der Waals surface area contributed by atoms with Crippen LogP contribution in [0.15, 0.2) is 0 Å². The Hall–Kier alpha value is 0.460. The highest BCUT2D eigenvalue weighted by atomic mass is 35.6.